The molecule has 3 rings (SSSR count). The van der Waals surface area contributed by atoms with Crippen molar-refractivity contribution >= 4 is 56.4 Å². The Hall–Kier alpha value is -2.33. The number of halogens is 2. The van der Waals surface area contributed by atoms with Gasteiger partial charge in [0, 0.05) is 34.4 Å². The molecule has 2 aromatic carbocycles. The van der Waals surface area contributed by atoms with Crippen molar-refractivity contribution in [2.24, 2.45) is 0 Å². The molecule has 0 unspecified atom stereocenters. The lowest BCUT2D eigenvalue weighted by Crippen LogP contribution is -2.40. The summed E-state index contributed by atoms with van der Waals surface area (Å²) in [5.74, 6) is -0.728. The van der Waals surface area contributed by atoms with Crippen LogP contribution in [-0.2, 0) is 19.6 Å². The summed E-state index contributed by atoms with van der Waals surface area (Å²) in [6.07, 6.45) is 1.00. The number of hydrogen-bond acceptors (Lipinski definition) is 5. The number of benzene rings is 2. The van der Waals surface area contributed by atoms with Crippen molar-refractivity contribution in [2.45, 2.75) is 0 Å². The van der Waals surface area contributed by atoms with Gasteiger partial charge in [-0.25, -0.2) is 8.42 Å². The molecule has 1 fully saturated rings. The highest BCUT2D eigenvalue weighted by Crippen LogP contribution is 2.23. The highest BCUT2D eigenvalue weighted by atomic mass is 35.5. The van der Waals surface area contributed by atoms with Crippen LogP contribution in [0.4, 0.5) is 11.4 Å². The molecule has 0 radical (unpaired) electrons. The fourth-order valence-electron chi connectivity index (χ4n) is 3.08. The van der Waals surface area contributed by atoms with Gasteiger partial charge in [0.2, 0.25) is 15.9 Å². The molecule has 0 saturated carbocycles. The molecule has 166 valence electrons. The summed E-state index contributed by atoms with van der Waals surface area (Å²) in [5, 5.41) is 3.25. The molecule has 0 aliphatic carbocycles. The molecule has 0 bridgehead atoms. The zero-order chi connectivity index (χ0) is 22.6. The van der Waals surface area contributed by atoms with E-state index >= 15 is 0 Å². The van der Waals surface area contributed by atoms with Crippen LogP contribution in [-0.4, -0.2) is 64.2 Å². The maximum Gasteiger partial charge on any atom is 0.254 e. The number of sulfonamides is 1. The van der Waals surface area contributed by atoms with Gasteiger partial charge in [-0.15, -0.1) is 0 Å². The number of morpholine rings is 1. The summed E-state index contributed by atoms with van der Waals surface area (Å²) < 4.78 is 30.8. The van der Waals surface area contributed by atoms with Crippen molar-refractivity contribution in [3.05, 3.63) is 58.1 Å². The van der Waals surface area contributed by atoms with E-state index in [1.54, 1.807) is 17.0 Å². The van der Waals surface area contributed by atoms with Gasteiger partial charge in [-0.05, 0) is 42.5 Å². The average molecular weight is 486 g/mol. The number of hydrogen-bond donors (Lipinski definition) is 1. The van der Waals surface area contributed by atoms with Gasteiger partial charge in [0.05, 0.1) is 25.2 Å². The van der Waals surface area contributed by atoms with Gasteiger partial charge in [-0.1, -0.05) is 23.2 Å². The SMILES string of the molecule is CS(=O)(=O)N(CC(=O)Nc1cc(Cl)cc(Cl)c1)c1ccc(C(=O)N2CCOCC2)cc1. The van der Waals surface area contributed by atoms with Gasteiger partial charge in [-0.2, -0.15) is 0 Å². The fraction of sp³-hybridized carbons (Fsp3) is 0.300. The van der Waals surface area contributed by atoms with Crippen molar-refractivity contribution in [2.75, 3.05) is 48.7 Å². The second-order valence-corrected chi connectivity index (χ2v) is 9.71. The monoisotopic (exact) mass is 485 g/mol. The predicted octanol–water partition coefficient (Wildman–Crippen LogP) is 2.87. The first-order valence-corrected chi connectivity index (χ1v) is 11.9. The molecule has 0 spiro atoms. The standard InChI is InChI=1S/C20H21Cl2N3O5S/c1-31(28,29)25(13-19(26)23-17-11-15(21)10-16(22)12-17)18-4-2-14(3-5-18)20(27)24-6-8-30-9-7-24/h2-5,10-12H,6-9,13H2,1H3,(H,23,26). The Bertz CT molecular complexity index is 1050. The fourth-order valence-corrected chi connectivity index (χ4v) is 4.46. The molecule has 1 aliphatic rings. The summed E-state index contributed by atoms with van der Waals surface area (Å²) in [5.41, 5.74) is 1.04. The Labute approximate surface area is 190 Å². The van der Waals surface area contributed by atoms with Gasteiger partial charge in [-0.3, -0.25) is 13.9 Å². The minimum atomic E-state index is -3.77. The summed E-state index contributed by atoms with van der Waals surface area (Å²) in [6, 6.07) is 10.6. The van der Waals surface area contributed by atoms with Crippen molar-refractivity contribution in [1.29, 1.82) is 0 Å². The summed E-state index contributed by atoms with van der Waals surface area (Å²) in [6.45, 7) is 1.52. The van der Waals surface area contributed by atoms with E-state index in [2.05, 4.69) is 5.32 Å². The summed E-state index contributed by atoms with van der Waals surface area (Å²) in [7, 11) is -3.77. The molecule has 2 aromatic rings. The number of carbonyl (C=O) groups is 2. The van der Waals surface area contributed by atoms with Crippen LogP contribution in [0.2, 0.25) is 10.0 Å². The molecule has 1 saturated heterocycles. The number of nitrogens with zero attached hydrogens (tertiary/aromatic N) is 2. The Kier molecular flexibility index (Phi) is 7.42. The highest BCUT2D eigenvalue weighted by Gasteiger charge is 2.23. The van der Waals surface area contributed by atoms with Gasteiger partial charge < -0.3 is 15.0 Å². The van der Waals surface area contributed by atoms with Crippen LogP contribution in [0.15, 0.2) is 42.5 Å². The van der Waals surface area contributed by atoms with E-state index < -0.39 is 22.5 Å². The first-order chi connectivity index (χ1) is 14.6. The minimum absolute atomic E-state index is 0.156. The highest BCUT2D eigenvalue weighted by molar-refractivity contribution is 7.92. The van der Waals surface area contributed by atoms with Gasteiger partial charge in [0.25, 0.3) is 5.91 Å². The maximum atomic E-state index is 12.6. The van der Waals surface area contributed by atoms with E-state index in [1.165, 1.54) is 30.3 Å². The average Bonchev–Trinajstić information content (AvgIpc) is 2.71. The van der Waals surface area contributed by atoms with Crippen LogP contribution in [0.3, 0.4) is 0 Å². The molecule has 2 amide bonds. The van der Waals surface area contributed by atoms with Crippen LogP contribution < -0.4 is 9.62 Å². The van der Waals surface area contributed by atoms with Crippen LogP contribution in [0, 0.1) is 0 Å². The summed E-state index contributed by atoms with van der Waals surface area (Å²) in [4.78, 5) is 26.7. The minimum Gasteiger partial charge on any atom is -0.378 e. The Morgan fingerprint density at radius 1 is 1.06 bits per heavy atom. The Morgan fingerprint density at radius 2 is 1.65 bits per heavy atom. The van der Waals surface area contributed by atoms with E-state index in [0.29, 0.717) is 47.6 Å². The van der Waals surface area contributed by atoms with Crippen LogP contribution in [0.1, 0.15) is 10.4 Å². The third-order valence-electron chi connectivity index (χ3n) is 4.53. The second kappa shape index (κ2) is 9.86. The van der Waals surface area contributed by atoms with Crippen molar-refractivity contribution in [1.82, 2.24) is 4.90 Å². The largest absolute Gasteiger partial charge is 0.378 e. The van der Waals surface area contributed by atoms with E-state index in [4.69, 9.17) is 27.9 Å². The van der Waals surface area contributed by atoms with Crippen LogP contribution in [0.5, 0.6) is 0 Å². The van der Waals surface area contributed by atoms with Gasteiger partial charge >= 0.3 is 0 Å². The normalized spacial score (nSPS) is 14.2. The lowest BCUT2D eigenvalue weighted by Gasteiger charge is -2.27. The van der Waals surface area contributed by atoms with Crippen molar-refractivity contribution in [3.63, 3.8) is 0 Å². The molecule has 0 atom stereocenters. The maximum absolute atomic E-state index is 12.6. The topological polar surface area (TPSA) is 96.0 Å². The molecule has 0 aromatic heterocycles. The Balaban J connectivity index is 1.74. The molecular formula is C20H21Cl2N3O5S. The van der Waals surface area contributed by atoms with Crippen LogP contribution >= 0.6 is 23.2 Å². The van der Waals surface area contributed by atoms with Crippen molar-refractivity contribution < 1.29 is 22.7 Å². The van der Waals surface area contributed by atoms with E-state index in [0.717, 1.165) is 10.6 Å². The third-order valence-corrected chi connectivity index (χ3v) is 6.11. The molecule has 1 heterocycles. The molecule has 1 aliphatic heterocycles. The number of ether oxygens (including phenoxy) is 1. The molecule has 31 heavy (non-hydrogen) atoms. The van der Waals surface area contributed by atoms with E-state index in [9.17, 15) is 18.0 Å². The molecular weight excluding hydrogens is 465 g/mol. The first kappa shape index (κ1) is 23.3. The Morgan fingerprint density at radius 3 is 2.19 bits per heavy atom. The quantitative estimate of drug-likeness (QED) is 0.678. The lowest BCUT2D eigenvalue weighted by atomic mass is 10.1. The smallest absolute Gasteiger partial charge is 0.254 e. The zero-order valence-corrected chi connectivity index (χ0v) is 19.0. The number of rotatable bonds is 6. The predicted molar refractivity (Wildman–Crippen MR) is 120 cm³/mol. The number of amides is 2. The van der Waals surface area contributed by atoms with Crippen LogP contribution in [0.25, 0.3) is 0 Å². The molecule has 11 heteroatoms. The second-order valence-electron chi connectivity index (χ2n) is 6.93. The first-order valence-electron chi connectivity index (χ1n) is 9.34. The zero-order valence-electron chi connectivity index (χ0n) is 16.7. The molecule has 8 nitrogen and oxygen atoms in total. The van der Waals surface area contributed by atoms with E-state index in [1.807, 2.05) is 0 Å². The number of nitrogens with one attached hydrogen (secondary N) is 1. The lowest BCUT2D eigenvalue weighted by molar-refractivity contribution is -0.114. The third kappa shape index (κ3) is 6.33. The van der Waals surface area contributed by atoms with Gasteiger partial charge in [0.15, 0.2) is 0 Å². The number of carbonyl (C=O) groups excluding carboxylic acids is 2. The van der Waals surface area contributed by atoms with E-state index in [-0.39, 0.29) is 11.6 Å². The molecule has 1 N–H and O–H groups in total. The summed E-state index contributed by atoms with van der Waals surface area (Å²) >= 11 is 11.8. The van der Waals surface area contributed by atoms with Crippen molar-refractivity contribution in [3.8, 4) is 0 Å². The number of anilines is 2. The van der Waals surface area contributed by atoms with Gasteiger partial charge in [0.1, 0.15) is 6.54 Å².